The average molecular weight is 361 g/mol. The van der Waals surface area contributed by atoms with E-state index in [0.717, 1.165) is 24.3 Å². The molecule has 3 aromatic rings. The number of imidazole rings is 1. The fourth-order valence-corrected chi connectivity index (χ4v) is 3.13. The average Bonchev–Trinajstić information content (AvgIpc) is 2.99. The molecule has 2 aromatic carbocycles. The lowest BCUT2D eigenvalue weighted by Gasteiger charge is -2.23. The fourth-order valence-electron chi connectivity index (χ4n) is 3.13. The number of nitrogens with one attached hydrogen (secondary N) is 1. The number of aromatic nitrogens is 2. The highest BCUT2D eigenvalue weighted by molar-refractivity contribution is 5.94. The quantitative estimate of drug-likeness (QED) is 0.704. The second kappa shape index (κ2) is 5.98. The molecule has 1 aliphatic rings. The van der Waals surface area contributed by atoms with Gasteiger partial charge in [-0.05, 0) is 18.2 Å². The maximum atomic E-state index is 14.2. The summed E-state index contributed by atoms with van der Waals surface area (Å²) in [5.41, 5.74) is 0.396. The number of carbonyl (C=O) groups excluding carboxylic acids is 1. The van der Waals surface area contributed by atoms with Crippen molar-refractivity contribution in [3.63, 3.8) is 0 Å². The van der Waals surface area contributed by atoms with Crippen LogP contribution < -0.4 is 5.32 Å². The molecule has 26 heavy (non-hydrogen) atoms. The molecule has 0 bridgehead atoms. The zero-order valence-corrected chi connectivity index (χ0v) is 13.1. The topological polar surface area (TPSA) is 46.9 Å². The molecule has 2 heterocycles. The molecule has 0 aliphatic carbocycles. The van der Waals surface area contributed by atoms with Crippen LogP contribution in [0.15, 0.2) is 42.7 Å². The number of rotatable bonds is 2. The van der Waals surface area contributed by atoms with Gasteiger partial charge in [0.2, 0.25) is 5.91 Å². The molecule has 0 radical (unpaired) electrons. The minimum absolute atomic E-state index is 0.00299. The van der Waals surface area contributed by atoms with E-state index in [4.69, 9.17) is 0 Å². The summed E-state index contributed by atoms with van der Waals surface area (Å²) in [5, 5.41) is 2.58. The van der Waals surface area contributed by atoms with Gasteiger partial charge in [0, 0.05) is 24.0 Å². The number of amides is 1. The van der Waals surface area contributed by atoms with Crippen LogP contribution >= 0.6 is 0 Å². The summed E-state index contributed by atoms with van der Waals surface area (Å²) in [4.78, 5) is 16.3. The van der Waals surface area contributed by atoms with E-state index in [1.807, 2.05) is 0 Å². The summed E-state index contributed by atoms with van der Waals surface area (Å²) >= 11 is 0. The Morgan fingerprint density at radius 2 is 1.81 bits per heavy atom. The molecule has 132 valence electrons. The Bertz CT molecular complexity index is 1010. The molecule has 0 fully saturated rings. The van der Waals surface area contributed by atoms with E-state index in [9.17, 15) is 22.4 Å². The van der Waals surface area contributed by atoms with Crippen molar-refractivity contribution < 1.29 is 22.4 Å². The summed E-state index contributed by atoms with van der Waals surface area (Å²) in [6, 6.07) is 6.57. The molecule has 8 heteroatoms. The van der Waals surface area contributed by atoms with Gasteiger partial charge >= 0.3 is 0 Å². The van der Waals surface area contributed by atoms with Gasteiger partial charge in [-0.15, -0.1) is 0 Å². The lowest BCUT2D eigenvalue weighted by atomic mass is 9.89. The van der Waals surface area contributed by atoms with Crippen molar-refractivity contribution in [1.82, 2.24) is 9.55 Å². The molecule has 0 saturated heterocycles. The number of hydrogen-bond acceptors (Lipinski definition) is 2. The molecule has 0 saturated carbocycles. The lowest BCUT2D eigenvalue weighted by molar-refractivity contribution is -0.116. The fraction of sp³-hybridized carbons (Fsp3) is 0.111. The number of fused-ring (bicyclic) bond motifs is 1. The van der Waals surface area contributed by atoms with Crippen LogP contribution in [0.4, 0.5) is 23.4 Å². The van der Waals surface area contributed by atoms with Crippen LogP contribution in [-0.4, -0.2) is 15.5 Å². The van der Waals surface area contributed by atoms with Crippen molar-refractivity contribution in [3.8, 4) is 5.69 Å². The highest BCUT2D eigenvalue weighted by Gasteiger charge is 2.33. The van der Waals surface area contributed by atoms with E-state index in [1.54, 1.807) is 0 Å². The lowest BCUT2D eigenvalue weighted by Crippen LogP contribution is -2.25. The number of hydrogen-bond donors (Lipinski definition) is 1. The highest BCUT2D eigenvalue weighted by Crippen LogP contribution is 2.38. The van der Waals surface area contributed by atoms with Gasteiger partial charge in [0.1, 0.15) is 23.8 Å². The van der Waals surface area contributed by atoms with Crippen molar-refractivity contribution in [1.29, 1.82) is 0 Å². The van der Waals surface area contributed by atoms with Gasteiger partial charge in [0.25, 0.3) is 0 Å². The second-order valence-electron chi connectivity index (χ2n) is 5.92. The van der Waals surface area contributed by atoms with Gasteiger partial charge in [-0.2, -0.15) is 0 Å². The Kier molecular flexibility index (Phi) is 3.75. The van der Waals surface area contributed by atoms with Crippen LogP contribution in [-0.2, 0) is 4.79 Å². The van der Waals surface area contributed by atoms with Crippen molar-refractivity contribution in [2.45, 2.75) is 12.3 Å². The van der Waals surface area contributed by atoms with Gasteiger partial charge in [0.05, 0.1) is 11.4 Å². The van der Waals surface area contributed by atoms with Crippen molar-refractivity contribution >= 4 is 11.7 Å². The Morgan fingerprint density at radius 3 is 2.54 bits per heavy atom. The van der Waals surface area contributed by atoms with Crippen LogP contribution in [0.5, 0.6) is 0 Å². The summed E-state index contributed by atoms with van der Waals surface area (Å²) in [6.07, 6.45) is 1.15. The minimum atomic E-state index is -1.05. The molecule has 4 nitrogen and oxygen atoms in total. The van der Waals surface area contributed by atoms with Crippen LogP contribution in [0.2, 0.25) is 0 Å². The molecular weight excluding hydrogens is 350 g/mol. The van der Waals surface area contributed by atoms with E-state index in [2.05, 4.69) is 10.3 Å². The highest BCUT2D eigenvalue weighted by atomic mass is 19.2. The Labute approximate surface area is 145 Å². The van der Waals surface area contributed by atoms with Crippen molar-refractivity contribution in [2.75, 3.05) is 5.32 Å². The van der Waals surface area contributed by atoms with E-state index < -0.39 is 35.1 Å². The van der Waals surface area contributed by atoms with Crippen LogP contribution in [0.1, 0.15) is 23.6 Å². The SMILES string of the molecule is O=C1C[C@@H](c2cccc(F)c2F)c2ncn(-c3cc(F)cc(F)c3)c2N1. The molecule has 1 aromatic heterocycles. The van der Waals surface area contributed by atoms with Crippen LogP contribution in [0.3, 0.4) is 0 Å². The second-order valence-corrected chi connectivity index (χ2v) is 5.92. The molecule has 0 spiro atoms. The first-order chi connectivity index (χ1) is 12.4. The van der Waals surface area contributed by atoms with E-state index >= 15 is 0 Å². The number of carbonyl (C=O) groups is 1. The summed E-state index contributed by atoms with van der Waals surface area (Å²) in [6.45, 7) is 0. The molecule has 1 atom stereocenters. The third-order valence-electron chi connectivity index (χ3n) is 4.26. The van der Waals surface area contributed by atoms with Gasteiger partial charge in [-0.25, -0.2) is 22.5 Å². The monoisotopic (exact) mass is 361 g/mol. The number of nitrogens with zero attached hydrogens (tertiary/aromatic N) is 2. The number of anilines is 1. The molecule has 1 amide bonds. The maximum Gasteiger partial charge on any atom is 0.226 e. The minimum Gasteiger partial charge on any atom is -0.310 e. The smallest absolute Gasteiger partial charge is 0.226 e. The third-order valence-corrected chi connectivity index (χ3v) is 4.26. The first-order valence-corrected chi connectivity index (χ1v) is 7.71. The molecule has 4 rings (SSSR count). The van der Waals surface area contributed by atoms with Crippen molar-refractivity contribution in [2.24, 2.45) is 0 Å². The number of benzene rings is 2. The van der Waals surface area contributed by atoms with E-state index in [1.165, 1.54) is 23.0 Å². The number of halogens is 4. The first-order valence-electron chi connectivity index (χ1n) is 7.71. The standard InChI is InChI=1S/C18H11F4N3O/c19-9-4-10(20)6-11(5-9)25-8-23-17-13(7-15(26)24-18(17)25)12-2-1-3-14(21)16(12)22/h1-6,8,13H,7H2,(H,24,26)/t13-/m0/s1. The zero-order chi connectivity index (χ0) is 18.4. The summed E-state index contributed by atoms with van der Waals surface area (Å²) in [7, 11) is 0. The Morgan fingerprint density at radius 1 is 1.08 bits per heavy atom. The predicted molar refractivity (Wildman–Crippen MR) is 84.9 cm³/mol. The summed E-state index contributed by atoms with van der Waals surface area (Å²) in [5.74, 6) is -4.75. The Hall–Kier alpha value is -3.16. The van der Waals surface area contributed by atoms with Gasteiger partial charge in [-0.1, -0.05) is 12.1 Å². The predicted octanol–water partition coefficient (Wildman–Crippen LogP) is 3.90. The van der Waals surface area contributed by atoms with Crippen LogP contribution in [0, 0.1) is 23.3 Å². The molecule has 1 N–H and O–H groups in total. The third kappa shape index (κ3) is 2.63. The molecule has 0 unspecified atom stereocenters. The Balaban J connectivity index is 1.86. The molecule has 1 aliphatic heterocycles. The maximum absolute atomic E-state index is 14.2. The normalized spacial score (nSPS) is 16.3. The first kappa shape index (κ1) is 16.3. The van der Waals surface area contributed by atoms with Gasteiger partial charge in [-0.3, -0.25) is 9.36 Å². The van der Waals surface area contributed by atoms with Gasteiger partial charge < -0.3 is 5.32 Å². The van der Waals surface area contributed by atoms with Gasteiger partial charge in [0.15, 0.2) is 11.6 Å². The van der Waals surface area contributed by atoms with E-state index in [-0.39, 0.29) is 23.5 Å². The zero-order valence-electron chi connectivity index (χ0n) is 13.1. The molecular formula is C18H11F4N3O. The van der Waals surface area contributed by atoms with Crippen molar-refractivity contribution in [3.05, 3.63) is 77.3 Å². The largest absolute Gasteiger partial charge is 0.310 e. The summed E-state index contributed by atoms with van der Waals surface area (Å²) < 4.78 is 56.1. The van der Waals surface area contributed by atoms with Crippen LogP contribution in [0.25, 0.3) is 5.69 Å². The van der Waals surface area contributed by atoms with E-state index in [0.29, 0.717) is 5.69 Å².